The first-order valence-electron chi connectivity index (χ1n) is 15.1. The van der Waals surface area contributed by atoms with Crippen LogP contribution in [0.4, 0.5) is 0 Å². The maximum atomic E-state index is 13.8. The number of thiazole rings is 1. The molecule has 0 amide bonds. The number of aliphatic carboxylic acids is 1. The lowest BCUT2D eigenvalue weighted by atomic mass is 9.71. The fourth-order valence-corrected chi connectivity index (χ4v) is 6.59. The lowest BCUT2D eigenvalue weighted by Gasteiger charge is -2.44. The Hall–Kier alpha value is -1.87. The van der Waals surface area contributed by atoms with Crippen molar-refractivity contribution < 1.29 is 24.2 Å². The van der Waals surface area contributed by atoms with Gasteiger partial charge in [0.2, 0.25) is 0 Å². The molecule has 0 fully saturated rings. The van der Waals surface area contributed by atoms with E-state index in [2.05, 4.69) is 77.8 Å². The van der Waals surface area contributed by atoms with Crippen LogP contribution in [0.3, 0.4) is 0 Å². The van der Waals surface area contributed by atoms with Crippen LogP contribution in [0, 0.1) is 30.1 Å². The van der Waals surface area contributed by atoms with Gasteiger partial charge in [-0.2, -0.15) is 0 Å². The van der Waals surface area contributed by atoms with Gasteiger partial charge in [0.15, 0.2) is 8.32 Å². The highest BCUT2D eigenvalue weighted by Crippen LogP contribution is 2.42. The smallest absolute Gasteiger partial charge is 0.305 e. The van der Waals surface area contributed by atoms with Crippen LogP contribution in [0.2, 0.25) is 18.1 Å². The van der Waals surface area contributed by atoms with E-state index in [0.29, 0.717) is 6.42 Å². The predicted molar refractivity (Wildman–Crippen MR) is 179 cm³/mol. The molecule has 0 saturated carbocycles. The molecular weight excluding hydrogens is 563 g/mol. The van der Waals surface area contributed by atoms with E-state index in [4.69, 9.17) is 4.43 Å². The number of aromatic nitrogens is 1. The Bertz CT molecular complexity index is 1140. The Labute approximate surface area is 260 Å². The zero-order chi connectivity index (χ0) is 32.6. The van der Waals surface area contributed by atoms with Crippen molar-refractivity contribution in [1.29, 1.82) is 0 Å². The van der Waals surface area contributed by atoms with Gasteiger partial charge in [-0.05, 0) is 75.2 Å². The van der Waals surface area contributed by atoms with E-state index in [-0.39, 0.29) is 35.0 Å². The maximum Gasteiger partial charge on any atom is 0.305 e. The fourth-order valence-electron chi connectivity index (χ4n) is 4.58. The standard InChI is InChI=1S/C34H57NO5SSi/c1-22(17-18-29(36)24(3)19-28-21-41-27(6)35-28)15-14-16-23(2)25(4)26(5)32(39)34(10,11)30(20-31(37)38)40-42(12,13)33(7,8)9/h14,16-17,19,21,23,25-26,29-30,36H,15,18,20H2,1-13H3,(H,37,38)/b16-14+,22-17-,24-19+/t23-,25-,26+,29-,30-/m0/s1. The summed E-state index contributed by atoms with van der Waals surface area (Å²) in [7, 11) is -2.29. The van der Waals surface area contributed by atoms with E-state index in [1.54, 1.807) is 11.3 Å². The summed E-state index contributed by atoms with van der Waals surface area (Å²) in [6, 6.07) is 0. The minimum atomic E-state index is -2.29. The summed E-state index contributed by atoms with van der Waals surface area (Å²) >= 11 is 1.60. The third kappa shape index (κ3) is 11.3. The monoisotopic (exact) mass is 619 g/mol. The summed E-state index contributed by atoms with van der Waals surface area (Å²) < 4.78 is 6.56. The van der Waals surface area contributed by atoms with Gasteiger partial charge in [-0.15, -0.1) is 11.3 Å². The van der Waals surface area contributed by atoms with Gasteiger partial charge in [0, 0.05) is 16.7 Å². The topological polar surface area (TPSA) is 96.7 Å². The second-order valence-electron chi connectivity index (χ2n) is 14.2. The number of aliphatic hydroxyl groups is 1. The minimum absolute atomic E-state index is 0.0431. The molecule has 1 aromatic heterocycles. The van der Waals surface area contributed by atoms with E-state index < -0.39 is 31.9 Å². The van der Waals surface area contributed by atoms with Crippen LogP contribution in [0.5, 0.6) is 0 Å². The van der Waals surface area contributed by atoms with Gasteiger partial charge >= 0.3 is 5.97 Å². The van der Waals surface area contributed by atoms with Crippen molar-refractivity contribution in [3.63, 3.8) is 0 Å². The highest BCUT2D eigenvalue weighted by atomic mass is 32.1. The summed E-state index contributed by atoms with van der Waals surface area (Å²) in [5, 5.41) is 23.1. The van der Waals surface area contributed by atoms with E-state index in [0.717, 1.165) is 22.7 Å². The second-order valence-corrected chi connectivity index (χ2v) is 20.0. The molecular formula is C34H57NO5SSi. The number of Topliss-reactive ketones (excluding diaryl/α,β-unsaturated/α-hetero) is 1. The van der Waals surface area contributed by atoms with Crippen molar-refractivity contribution in [2.24, 2.45) is 23.2 Å². The van der Waals surface area contributed by atoms with E-state index in [9.17, 15) is 19.8 Å². The molecule has 8 heteroatoms. The van der Waals surface area contributed by atoms with Gasteiger partial charge < -0.3 is 14.6 Å². The molecule has 0 aliphatic heterocycles. The van der Waals surface area contributed by atoms with Gasteiger partial charge in [0.05, 0.1) is 29.3 Å². The number of hydrogen-bond acceptors (Lipinski definition) is 6. The number of hydrogen-bond donors (Lipinski definition) is 2. The normalized spacial score (nSPS) is 17.7. The molecule has 5 atom stereocenters. The quantitative estimate of drug-likeness (QED) is 0.142. The van der Waals surface area contributed by atoms with Gasteiger partial charge in [-0.1, -0.05) is 79.2 Å². The summed E-state index contributed by atoms with van der Waals surface area (Å²) in [6.07, 6.45) is 8.20. The summed E-state index contributed by atoms with van der Waals surface area (Å²) in [6.45, 7) is 26.4. The molecule has 0 aliphatic carbocycles. The number of carboxylic acids is 1. The Balaban J connectivity index is 2.85. The first-order chi connectivity index (χ1) is 19.1. The number of aryl methyl sites for hydroxylation is 1. The zero-order valence-electron chi connectivity index (χ0n) is 28.4. The molecule has 42 heavy (non-hydrogen) atoms. The van der Waals surface area contributed by atoms with Gasteiger partial charge in [0.1, 0.15) is 5.78 Å². The molecule has 1 rings (SSSR count). The van der Waals surface area contributed by atoms with Crippen molar-refractivity contribution in [2.45, 2.75) is 126 Å². The molecule has 0 aromatic carbocycles. The molecule has 1 heterocycles. The number of carbonyl (C=O) groups excluding carboxylic acids is 1. The second kappa shape index (κ2) is 15.7. The Kier molecular flexibility index (Phi) is 14.3. The average molecular weight is 620 g/mol. The molecule has 0 unspecified atom stereocenters. The Morgan fingerprint density at radius 1 is 1.12 bits per heavy atom. The van der Waals surface area contributed by atoms with Crippen LogP contribution in [0.25, 0.3) is 6.08 Å². The lowest BCUT2D eigenvalue weighted by Crippen LogP contribution is -2.52. The van der Waals surface area contributed by atoms with Crippen molar-refractivity contribution in [2.75, 3.05) is 0 Å². The molecule has 0 bridgehead atoms. The van der Waals surface area contributed by atoms with Crippen molar-refractivity contribution in [3.8, 4) is 0 Å². The Morgan fingerprint density at radius 2 is 1.71 bits per heavy atom. The van der Waals surface area contributed by atoms with Crippen LogP contribution < -0.4 is 0 Å². The summed E-state index contributed by atoms with van der Waals surface area (Å²) in [5.74, 6) is -0.944. The molecule has 1 aromatic rings. The average Bonchev–Trinajstić information content (AvgIpc) is 3.28. The molecule has 0 saturated heterocycles. The van der Waals surface area contributed by atoms with Crippen molar-refractivity contribution in [3.05, 3.63) is 45.5 Å². The van der Waals surface area contributed by atoms with Crippen LogP contribution in [-0.4, -0.2) is 47.5 Å². The van der Waals surface area contributed by atoms with Crippen LogP contribution in [0.1, 0.15) is 99.2 Å². The van der Waals surface area contributed by atoms with Gasteiger partial charge in [0.25, 0.3) is 0 Å². The number of carbonyl (C=O) groups is 2. The zero-order valence-corrected chi connectivity index (χ0v) is 30.2. The largest absolute Gasteiger partial charge is 0.481 e. The molecule has 0 aliphatic rings. The number of carboxylic acid groups (broad SMARTS) is 1. The highest BCUT2D eigenvalue weighted by Gasteiger charge is 2.47. The predicted octanol–water partition coefficient (Wildman–Crippen LogP) is 8.87. The van der Waals surface area contributed by atoms with Crippen LogP contribution in [0.15, 0.2) is 34.8 Å². The third-order valence-corrected chi connectivity index (χ3v) is 14.5. The maximum absolute atomic E-state index is 13.8. The Morgan fingerprint density at radius 3 is 2.21 bits per heavy atom. The van der Waals surface area contributed by atoms with E-state index >= 15 is 0 Å². The number of rotatable bonds is 16. The van der Waals surface area contributed by atoms with Crippen molar-refractivity contribution >= 4 is 37.5 Å². The molecule has 0 radical (unpaired) electrons. The van der Waals surface area contributed by atoms with E-state index in [1.165, 1.54) is 5.57 Å². The van der Waals surface area contributed by atoms with Gasteiger partial charge in [-0.3, -0.25) is 9.59 Å². The van der Waals surface area contributed by atoms with Gasteiger partial charge in [-0.25, -0.2) is 4.98 Å². The molecule has 2 N–H and O–H groups in total. The van der Waals surface area contributed by atoms with Crippen molar-refractivity contribution in [1.82, 2.24) is 4.98 Å². The number of ketones is 1. The molecule has 6 nitrogen and oxygen atoms in total. The highest BCUT2D eigenvalue weighted by molar-refractivity contribution is 7.09. The van der Waals surface area contributed by atoms with Crippen LogP contribution in [-0.2, 0) is 14.0 Å². The fraction of sp³-hybridized carbons (Fsp3) is 0.676. The molecule has 238 valence electrons. The lowest BCUT2D eigenvalue weighted by molar-refractivity contribution is -0.145. The first-order valence-corrected chi connectivity index (χ1v) is 18.9. The summed E-state index contributed by atoms with van der Waals surface area (Å²) in [4.78, 5) is 30.1. The number of aliphatic hydroxyl groups excluding tert-OH is 1. The summed E-state index contributed by atoms with van der Waals surface area (Å²) in [5.41, 5.74) is 2.02. The number of allylic oxidation sites excluding steroid dienone is 3. The number of nitrogens with zero attached hydrogens (tertiary/aromatic N) is 1. The molecule has 0 spiro atoms. The SMILES string of the molecule is C/C(=C/C[C@H](O)/C(C)=C/c1csc(C)n1)C/C=C/[C@H](C)[C@H](C)[C@@H](C)C(=O)C(C)(C)[C@H](CC(=O)O)O[Si](C)(C)C(C)(C)C. The first kappa shape index (κ1) is 38.2. The van der Waals surface area contributed by atoms with Crippen LogP contribution >= 0.6 is 11.3 Å². The minimum Gasteiger partial charge on any atom is -0.481 e. The van der Waals surface area contributed by atoms with E-state index in [1.807, 2.05) is 46.1 Å². The third-order valence-electron chi connectivity index (χ3n) is 9.18.